The van der Waals surface area contributed by atoms with E-state index in [1.807, 2.05) is 33.8 Å². The number of aromatic nitrogens is 2. The van der Waals surface area contributed by atoms with Crippen LogP contribution in [0.25, 0.3) is 23.8 Å². The number of H-pyrrole nitrogens is 1. The van der Waals surface area contributed by atoms with Gasteiger partial charge >= 0.3 is 0 Å². The first-order chi connectivity index (χ1) is 24.7. The van der Waals surface area contributed by atoms with Crippen LogP contribution in [0.15, 0.2) is 104 Å². The topological polar surface area (TPSA) is 91.1 Å². The van der Waals surface area contributed by atoms with Crippen LogP contribution in [0.3, 0.4) is 0 Å². The van der Waals surface area contributed by atoms with E-state index in [0.717, 1.165) is 65.5 Å². The standard InChI is InChI=1S/C27H29N3O.C10H12.C5H10N2O.C2H6/c1-4-6-10-24-25(13-11-20-12-14-26-22(17-20)15-16-31-26)29-30-27(24)19(3)21-8-7-9-23(18-21)28-5-2;1-8(2)10-6-4-5-9(3)7-10;1-3-6-7-5(2)4-8;1-2/h5-14,17-19,28H,2,4,15-16H2,1,3H3,(H,29,30);4-7H,1H2,2-3H3;4,6-7H,2-3H2,1H3;1-2H3/b10-6-,13-11+;;;. The summed E-state index contributed by atoms with van der Waals surface area (Å²) in [5, 5.41) is 11.1. The molecule has 51 heavy (non-hydrogen) atoms. The first kappa shape index (κ1) is 41.8. The Labute approximate surface area is 306 Å². The molecule has 0 radical (unpaired) electrons. The van der Waals surface area contributed by atoms with Crippen molar-refractivity contribution < 1.29 is 9.53 Å². The second kappa shape index (κ2) is 23.1. The number of allylic oxidation sites excluding steroid dienone is 3. The van der Waals surface area contributed by atoms with Crippen molar-refractivity contribution in [2.75, 3.05) is 18.5 Å². The molecule has 1 aliphatic heterocycles. The third kappa shape index (κ3) is 13.8. The van der Waals surface area contributed by atoms with E-state index in [1.165, 1.54) is 22.3 Å². The summed E-state index contributed by atoms with van der Waals surface area (Å²) < 4.78 is 5.61. The van der Waals surface area contributed by atoms with Crippen molar-refractivity contribution in [3.05, 3.63) is 149 Å². The van der Waals surface area contributed by atoms with Gasteiger partial charge < -0.3 is 15.5 Å². The Balaban J connectivity index is 0.000000369. The number of aromatic amines is 1. The number of anilines is 1. The first-order valence-corrected chi connectivity index (χ1v) is 17.7. The van der Waals surface area contributed by atoms with E-state index in [1.54, 1.807) is 6.20 Å². The smallest absolute Gasteiger partial charge is 0.166 e. The number of ether oxygens (including phenoxy) is 1. The lowest BCUT2D eigenvalue weighted by atomic mass is 9.93. The lowest BCUT2D eigenvalue weighted by Crippen LogP contribution is -2.30. The highest BCUT2D eigenvalue weighted by molar-refractivity contribution is 5.75. The molecule has 2 heterocycles. The van der Waals surface area contributed by atoms with Crippen molar-refractivity contribution in [1.82, 2.24) is 21.0 Å². The minimum atomic E-state index is 0.176. The fourth-order valence-corrected chi connectivity index (χ4v) is 5.06. The molecule has 4 N–H and O–H groups in total. The number of hydrazine groups is 1. The third-order valence-corrected chi connectivity index (χ3v) is 7.70. The molecule has 0 aliphatic carbocycles. The minimum Gasteiger partial charge on any atom is -0.493 e. The average molecular weight is 688 g/mol. The van der Waals surface area contributed by atoms with Gasteiger partial charge in [-0.05, 0) is 79.1 Å². The Morgan fingerprint density at radius 3 is 2.43 bits per heavy atom. The van der Waals surface area contributed by atoms with Crippen LogP contribution in [0.5, 0.6) is 5.75 Å². The molecule has 1 aromatic heterocycles. The maximum atomic E-state index is 9.81. The number of rotatable bonds is 13. The summed E-state index contributed by atoms with van der Waals surface area (Å²) in [6.45, 7) is 26.9. The second-order valence-corrected chi connectivity index (χ2v) is 11.7. The van der Waals surface area contributed by atoms with Gasteiger partial charge in [0.1, 0.15) is 5.75 Å². The molecule has 4 aromatic rings. The number of benzene rings is 3. The fraction of sp³-hybridized carbons (Fsp3) is 0.273. The zero-order valence-corrected chi connectivity index (χ0v) is 31.6. The maximum absolute atomic E-state index is 9.81. The Morgan fingerprint density at radius 2 is 1.78 bits per heavy atom. The van der Waals surface area contributed by atoms with Gasteiger partial charge in [-0.2, -0.15) is 5.10 Å². The molecule has 0 saturated heterocycles. The second-order valence-electron chi connectivity index (χ2n) is 11.7. The highest BCUT2D eigenvalue weighted by Crippen LogP contribution is 2.31. The average Bonchev–Trinajstić information content (AvgIpc) is 3.80. The quantitative estimate of drug-likeness (QED) is 0.0635. The van der Waals surface area contributed by atoms with Gasteiger partial charge in [-0.3, -0.25) is 9.89 Å². The van der Waals surface area contributed by atoms with Crippen LogP contribution in [0.2, 0.25) is 0 Å². The van der Waals surface area contributed by atoms with Gasteiger partial charge in [-0.25, -0.2) is 5.43 Å². The molecule has 3 aromatic carbocycles. The zero-order valence-electron chi connectivity index (χ0n) is 31.6. The van der Waals surface area contributed by atoms with Crippen LogP contribution >= 0.6 is 0 Å². The zero-order chi connectivity index (χ0) is 37.6. The Kier molecular flexibility index (Phi) is 18.9. The predicted molar refractivity (Wildman–Crippen MR) is 220 cm³/mol. The molecule has 7 nitrogen and oxygen atoms in total. The van der Waals surface area contributed by atoms with E-state index in [-0.39, 0.29) is 5.92 Å². The molecule has 0 bridgehead atoms. The number of carbonyl (C=O) groups excluding carboxylic acids is 1. The Bertz CT molecular complexity index is 1760. The van der Waals surface area contributed by atoms with Crippen LogP contribution in [0.4, 0.5) is 5.69 Å². The summed E-state index contributed by atoms with van der Waals surface area (Å²) in [6.07, 6.45) is 12.9. The summed E-state index contributed by atoms with van der Waals surface area (Å²) in [7, 11) is 0. The van der Waals surface area contributed by atoms with Gasteiger partial charge in [-0.15, -0.1) is 0 Å². The SMILES string of the molecule is C=C(C)c1cccc(C)c1.C=C(C=O)NNCC.C=CNc1cccc(C(C)c2[nH]nc(/C=C/c3ccc4c(c3)CCO4)c2/C=C\CC)c1.CC. The van der Waals surface area contributed by atoms with Crippen molar-refractivity contribution >= 4 is 35.8 Å². The number of nitrogens with zero attached hydrogens (tertiary/aromatic N) is 1. The molecule has 1 unspecified atom stereocenters. The molecule has 1 atom stereocenters. The fourth-order valence-electron chi connectivity index (χ4n) is 5.06. The van der Waals surface area contributed by atoms with Crippen molar-refractivity contribution in [1.29, 1.82) is 0 Å². The predicted octanol–water partition coefficient (Wildman–Crippen LogP) is 10.5. The third-order valence-electron chi connectivity index (χ3n) is 7.70. The van der Waals surface area contributed by atoms with Gasteiger partial charge in [0.05, 0.1) is 23.7 Å². The van der Waals surface area contributed by atoms with Crippen molar-refractivity contribution in [3.63, 3.8) is 0 Å². The van der Waals surface area contributed by atoms with Crippen molar-refractivity contribution in [3.8, 4) is 5.75 Å². The number of nitrogens with one attached hydrogen (secondary N) is 4. The minimum absolute atomic E-state index is 0.176. The van der Waals surface area contributed by atoms with Gasteiger partial charge in [-0.1, -0.05) is 126 Å². The largest absolute Gasteiger partial charge is 0.493 e. The van der Waals surface area contributed by atoms with E-state index in [2.05, 4.69) is 152 Å². The molecule has 0 amide bonds. The first-order valence-electron chi connectivity index (χ1n) is 17.7. The number of aryl methyl sites for hydroxylation is 1. The van der Waals surface area contributed by atoms with E-state index in [0.29, 0.717) is 12.0 Å². The van der Waals surface area contributed by atoms with E-state index >= 15 is 0 Å². The lowest BCUT2D eigenvalue weighted by molar-refractivity contribution is -0.105. The van der Waals surface area contributed by atoms with Gasteiger partial charge in [0, 0.05) is 30.1 Å². The van der Waals surface area contributed by atoms with Gasteiger partial charge in [0.15, 0.2) is 6.29 Å². The van der Waals surface area contributed by atoms with Crippen LogP contribution in [-0.4, -0.2) is 29.6 Å². The summed E-state index contributed by atoms with van der Waals surface area (Å²) in [4.78, 5) is 9.81. The Morgan fingerprint density at radius 1 is 1.02 bits per heavy atom. The van der Waals surface area contributed by atoms with E-state index in [9.17, 15) is 4.79 Å². The van der Waals surface area contributed by atoms with Crippen molar-refractivity contribution in [2.45, 2.75) is 67.2 Å². The summed E-state index contributed by atoms with van der Waals surface area (Å²) in [6, 6.07) is 23.1. The number of hydrogen-bond donors (Lipinski definition) is 4. The normalized spacial score (nSPS) is 11.7. The number of aldehydes is 1. The van der Waals surface area contributed by atoms with Crippen LogP contribution < -0.4 is 20.9 Å². The van der Waals surface area contributed by atoms with Crippen LogP contribution in [0, 0.1) is 6.92 Å². The molecule has 1 aliphatic rings. The number of fused-ring (bicyclic) bond motifs is 1. The van der Waals surface area contributed by atoms with E-state index in [4.69, 9.17) is 4.74 Å². The van der Waals surface area contributed by atoms with Crippen LogP contribution in [0.1, 0.15) is 98.6 Å². The van der Waals surface area contributed by atoms with Gasteiger partial charge in [0.2, 0.25) is 0 Å². The number of hydrogen-bond acceptors (Lipinski definition) is 6. The molecule has 270 valence electrons. The summed E-state index contributed by atoms with van der Waals surface area (Å²) in [5.41, 5.74) is 17.2. The highest BCUT2D eigenvalue weighted by Gasteiger charge is 2.17. The molecule has 7 heteroatoms. The monoisotopic (exact) mass is 687 g/mol. The number of carbonyl (C=O) groups is 1. The van der Waals surface area contributed by atoms with E-state index < -0.39 is 0 Å². The van der Waals surface area contributed by atoms with Gasteiger partial charge in [0.25, 0.3) is 0 Å². The molecule has 5 rings (SSSR count). The lowest BCUT2D eigenvalue weighted by Gasteiger charge is -2.13. The molecule has 0 saturated carbocycles. The molecular formula is C44H57N5O2. The Hall–Kier alpha value is -5.40. The summed E-state index contributed by atoms with van der Waals surface area (Å²) >= 11 is 0. The summed E-state index contributed by atoms with van der Waals surface area (Å²) in [5.74, 6) is 1.18. The maximum Gasteiger partial charge on any atom is 0.166 e. The highest BCUT2D eigenvalue weighted by atomic mass is 16.5. The molecular weight excluding hydrogens is 631 g/mol. The molecule has 0 fully saturated rings. The molecule has 0 spiro atoms. The van der Waals surface area contributed by atoms with Crippen LogP contribution in [-0.2, 0) is 11.2 Å². The van der Waals surface area contributed by atoms with Crippen molar-refractivity contribution in [2.24, 2.45) is 0 Å².